The lowest BCUT2D eigenvalue weighted by atomic mass is 9.77. The van der Waals surface area contributed by atoms with Gasteiger partial charge in [0.15, 0.2) is 5.78 Å². The molecule has 0 heterocycles. The van der Waals surface area contributed by atoms with E-state index in [0.29, 0.717) is 22.8 Å². The first-order chi connectivity index (χ1) is 16.6. The van der Waals surface area contributed by atoms with E-state index in [9.17, 15) is 9.59 Å². The minimum Gasteiger partial charge on any atom is -0.423 e. The Bertz CT molecular complexity index is 1120. The summed E-state index contributed by atoms with van der Waals surface area (Å²) in [7, 11) is 0. The van der Waals surface area contributed by atoms with Crippen molar-refractivity contribution < 1.29 is 14.3 Å². The predicted octanol–water partition coefficient (Wildman–Crippen LogP) is 8.02. The highest BCUT2D eigenvalue weighted by atomic mass is 16.5. The van der Waals surface area contributed by atoms with E-state index < -0.39 is 5.97 Å². The van der Waals surface area contributed by atoms with Crippen LogP contribution >= 0.6 is 0 Å². The smallest absolute Gasteiger partial charge is 0.343 e. The van der Waals surface area contributed by atoms with Gasteiger partial charge in [-0.05, 0) is 96.7 Å². The van der Waals surface area contributed by atoms with Gasteiger partial charge in [-0.15, -0.1) is 0 Å². The number of hydrogen-bond donors (Lipinski definition) is 0. The van der Waals surface area contributed by atoms with Crippen molar-refractivity contribution in [2.75, 3.05) is 0 Å². The van der Waals surface area contributed by atoms with E-state index in [1.165, 1.54) is 50.2 Å². The predicted molar refractivity (Wildman–Crippen MR) is 137 cm³/mol. The van der Waals surface area contributed by atoms with Gasteiger partial charge in [-0.25, -0.2) is 4.79 Å². The summed E-state index contributed by atoms with van der Waals surface area (Å²) in [5, 5.41) is 0. The van der Waals surface area contributed by atoms with Crippen molar-refractivity contribution in [1.82, 2.24) is 0 Å². The lowest BCUT2D eigenvalue weighted by Gasteiger charge is -2.28. The van der Waals surface area contributed by atoms with Gasteiger partial charge in [-0.2, -0.15) is 0 Å². The minimum atomic E-state index is -0.427. The SMILES string of the molecule is C=CC(=O)c1ccc(OC(=O)c2ccc(-c3ccc(C4CCC(CCC)CC4)cc3)cc2)cc1. The van der Waals surface area contributed by atoms with Crippen molar-refractivity contribution in [3.8, 4) is 16.9 Å². The van der Waals surface area contributed by atoms with Crippen molar-refractivity contribution in [2.45, 2.75) is 51.4 Å². The van der Waals surface area contributed by atoms with E-state index in [1.54, 1.807) is 36.4 Å². The molecule has 1 aliphatic carbocycles. The molecule has 3 aromatic carbocycles. The van der Waals surface area contributed by atoms with Crippen LogP contribution in [0, 0.1) is 5.92 Å². The number of carbonyl (C=O) groups excluding carboxylic acids is 2. The van der Waals surface area contributed by atoms with E-state index in [1.807, 2.05) is 12.1 Å². The lowest BCUT2D eigenvalue weighted by Crippen LogP contribution is -2.13. The number of ketones is 1. The molecule has 0 amide bonds. The topological polar surface area (TPSA) is 43.4 Å². The highest BCUT2D eigenvalue weighted by molar-refractivity contribution is 6.04. The Morgan fingerprint density at radius 3 is 1.94 bits per heavy atom. The first-order valence-corrected chi connectivity index (χ1v) is 12.3. The zero-order valence-corrected chi connectivity index (χ0v) is 19.8. The molecule has 34 heavy (non-hydrogen) atoms. The fourth-order valence-electron chi connectivity index (χ4n) is 4.91. The largest absolute Gasteiger partial charge is 0.423 e. The molecule has 0 atom stereocenters. The van der Waals surface area contributed by atoms with Gasteiger partial charge in [0.05, 0.1) is 5.56 Å². The van der Waals surface area contributed by atoms with E-state index in [-0.39, 0.29) is 5.78 Å². The second-order valence-corrected chi connectivity index (χ2v) is 9.19. The van der Waals surface area contributed by atoms with Crippen molar-refractivity contribution in [3.05, 3.63) is 102 Å². The van der Waals surface area contributed by atoms with Crippen LogP contribution in [0.3, 0.4) is 0 Å². The molecule has 4 rings (SSSR count). The minimum absolute atomic E-state index is 0.166. The molecule has 1 fully saturated rings. The third-order valence-electron chi connectivity index (χ3n) is 6.91. The molecule has 3 nitrogen and oxygen atoms in total. The molecular weight excluding hydrogens is 420 g/mol. The summed E-state index contributed by atoms with van der Waals surface area (Å²) in [6, 6.07) is 22.9. The monoisotopic (exact) mass is 452 g/mol. The normalized spacial score (nSPS) is 17.7. The van der Waals surface area contributed by atoms with Gasteiger partial charge in [0, 0.05) is 5.56 Å². The number of esters is 1. The van der Waals surface area contributed by atoms with Gasteiger partial charge < -0.3 is 4.74 Å². The average Bonchev–Trinajstić information content (AvgIpc) is 2.89. The zero-order valence-electron chi connectivity index (χ0n) is 19.8. The summed E-state index contributed by atoms with van der Waals surface area (Å²) < 4.78 is 5.44. The summed E-state index contributed by atoms with van der Waals surface area (Å²) in [5.74, 6) is 1.41. The molecule has 0 bridgehead atoms. The van der Waals surface area contributed by atoms with Crippen molar-refractivity contribution in [1.29, 1.82) is 0 Å². The molecule has 0 aliphatic heterocycles. The maximum atomic E-state index is 12.5. The summed E-state index contributed by atoms with van der Waals surface area (Å²) in [4.78, 5) is 24.1. The standard InChI is InChI=1S/C31H32O3/c1-3-5-22-6-8-23(9-7-22)24-10-12-25(13-11-24)26-14-16-28(17-15-26)31(33)34-29-20-18-27(19-21-29)30(32)4-2/h4,10-23H,2-3,5-9H2,1H3. The van der Waals surface area contributed by atoms with Crippen molar-refractivity contribution in [2.24, 2.45) is 5.92 Å². The second kappa shape index (κ2) is 11.1. The van der Waals surface area contributed by atoms with Crippen LogP contribution in [0.5, 0.6) is 5.75 Å². The number of hydrogen-bond acceptors (Lipinski definition) is 3. The van der Waals surface area contributed by atoms with Crippen molar-refractivity contribution >= 4 is 11.8 Å². The molecule has 0 radical (unpaired) electrons. The number of allylic oxidation sites excluding steroid dienone is 1. The Kier molecular flexibility index (Phi) is 7.74. The van der Waals surface area contributed by atoms with Gasteiger partial charge in [0.2, 0.25) is 0 Å². The van der Waals surface area contributed by atoms with Crippen LogP contribution in [0.15, 0.2) is 85.5 Å². The molecule has 1 aliphatic rings. The van der Waals surface area contributed by atoms with Gasteiger partial charge in [-0.1, -0.05) is 62.7 Å². The Morgan fingerprint density at radius 1 is 0.824 bits per heavy atom. The Balaban J connectivity index is 1.36. The molecule has 3 aromatic rings. The maximum absolute atomic E-state index is 12.5. The quantitative estimate of drug-likeness (QED) is 0.150. The maximum Gasteiger partial charge on any atom is 0.343 e. The summed E-state index contributed by atoms with van der Waals surface area (Å²) in [5.41, 5.74) is 4.65. The number of ether oxygens (including phenoxy) is 1. The lowest BCUT2D eigenvalue weighted by molar-refractivity contribution is 0.0734. The molecule has 174 valence electrons. The van der Waals surface area contributed by atoms with Crippen LogP contribution in [0.2, 0.25) is 0 Å². The van der Waals surface area contributed by atoms with Crippen LogP contribution in [-0.2, 0) is 0 Å². The first-order valence-electron chi connectivity index (χ1n) is 12.3. The van der Waals surface area contributed by atoms with E-state index in [0.717, 1.165) is 17.0 Å². The van der Waals surface area contributed by atoms with Crippen LogP contribution < -0.4 is 4.74 Å². The number of rotatable bonds is 8. The Morgan fingerprint density at radius 2 is 1.38 bits per heavy atom. The second-order valence-electron chi connectivity index (χ2n) is 9.19. The number of benzene rings is 3. The van der Waals surface area contributed by atoms with Crippen LogP contribution in [0.4, 0.5) is 0 Å². The molecule has 0 N–H and O–H groups in total. The molecule has 0 saturated heterocycles. The molecule has 0 aromatic heterocycles. The molecular formula is C31H32O3. The average molecular weight is 453 g/mol. The molecule has 0 unspecified atom stereocenters. The molecule has 0 spiro atoms. The fraction of sp³-hybridized carbons (Fsp3) is 0.290. The van der Waals surface area contributed by atoms with Crippen LogP contribution in [0.25, 0.3) is 11.1 Å². The Labute approximate surface area is 202 Å². The Hall–Kier alpha value is -3.46. The molecule has 1 saturated carbocycles. The molecule has 3 heteroatoms. The van der Waals surface area contributed by atoms with E-state index in [2.05, 4.69) is 37.8 Å². The zero-order chi connectivity index (χ0) is 23.9. The van der Waals surface area contributed by atoms with Gasteiger partial charge in [0.25, 0.3) is 0 Å². The highest BCUT2D eigenvalue weighted by Crippen LogP contribution is 2.38. The van der Waals surface area contributed by atoms with Gasteiger partial charge in [-0.3, -0.25) is 4.79 Å². The third kappa shape index (κ3) is 5.72. The van der Waals surface area contributed by atoms with E-state index >= 15 is 0 Å². The summed E-state index contributed by atoms with van der Waals surface area (Å²) >= 11 is 0. The van der Waals surface area contributed by atoms with Gasteiger partial charge >= 0.3 is 5.97 Å². The van der Waals surface area contributed by atoms with E-state index in [4.69, 9.17) is 4.74 Å². The summed E-state index contributed by atoms with van der Waals surface area (Å²) in [6.45, 7) is 5.76. The van der Waals surface area contributed by atoms with Gasteiger partial charge in [0.1, 0.15) is 5.75 Å². The third-order valence-corrected chi connectivity index (χ3v) is 6.91. The fourth-order valence-corrected chi connectivity index (χ4v) is 4.91. The summed E-state index contributed by atoms with van der Waals surface area (Å²) in [6.07, 6.45) is 9.24. The van der Waals surface area contributed by atoms with Crippen LogP contribution in [0.1, 0.15) is 77.6 Å². The first kappa shape index (κ1) is 23.7. The van der Waals surface area contributed by atoms with Crippen LogP contribution in [-0.4, -0.2) is 11.8 Å². The highest BCUT2D eigenvalue weighted by Gasteiger charge is 2.21. The van der Waals surface area contributed by atoms with Crippen molar-refractivity contribution in [3.63, 3.8) is 0 Å². The number of carbonyl (C=O) groups is 2.